The van der Waals surface area contributed by atoms with Crippen molar-refractivity contribution >= 4 is 17.6 Å². The monoisotopic (exact) mass is 478 g/mol. The van der Waals surface area contributed by atoms with Gasteiger partial charge in [-0.3, -0.25) is 9.59 Å². The molecule has 35 heavy (non-hydrogen) atoms. The Labute approximate surface area is 207 Å². The van der Waals surface area contributed by atoms with E-state index in [0.717, 1.165) is 31.2 Å². The van der Waals surface area contributed by atoms with Crippen molar-refractivity contribution in [3.63, 3.8) is 0 Å². The summed E-state index contributed by atoms with van der Waals surface area (Å²) in [6.07, 6.45) is 3.60. The number of unbranched alkanes of at least 4 members (excludes halogenated alkanes) is 1. The quantitative estimate of drug-likeness (QED) is 0.364. The average Bonchev–Trinajstić information content (AvgIpc) is 3.27. The fourth-order valence-corrected chi connectivity index (χ4v) is 4.04. The van der Waals surface area contributed by atoms with Gasteiger partial charge in [0.05, 0.1) is 11.4 Å². The molecule has 0 aliphatic rings. The molecule has 0 saturated carbocycles. The lowest BCUT2D eigenvalue weighted by atomic mass is 9.97. The van der Waals surface area contributed by atoms with Gasteiger partial charge in [-0.05, 0) is 51.0 Å². The molecule has 6 nitrogen and oxygen atoms in total. The summed E-state index contributed by atoms with van der Waals surface area (Å²) >= 11 is 0. The molecule has 0 aliphatic carbocycles. The van der Waals surface area contributed by atoms with Gasteiger partial charge < -0.3 is 10.2 Å². The number of benzene rings is 2. The van der Waals surface area contributed by atoms with Gasteiger partial charge in [-0.15, -0.1) is 0 Å². The van der Waals surface area contributed by atoms with Crippen LogP contribution in [0.3, 0.4) is 0 Å². The van der Waals surface area contributed by atoms with Crippen molar-refractivity contribution in [2.24, 2.45) is 5.92 Å². The van der Waals surface area contributed by atoms with Crippen LogP contribution in [-0.4, -0.2) is 39.1 Å². The third-order valence-electron chi connectivity index (χ3n) is 6.09. The number of nitrogens with one attached hydrogen (secondary N) is 1. The van der Waals surface area contributed by atoms with E-state index in [1.807, 2.05) is 51.1 Å². The van der Waals surface area contributed by atoms with Crippen molar-refractivity contribution in [2.45, 2.75) is 59.4 Å². The second-order valence-corrected chi connectivity index (χ2v) is 9.02. The van der Waals surface area contributed by atoms with Gasteiger partial charge >= 0.3 is 0 Å². The Bertz CT molecular complexity index is 1110. The number of nitrogens with zero attached hydrogens (tertiary/aromatic N) is 3. The van der Waals surface area contributed by atoms with E-state index in [4.69, 9.17) is 0 Å². The Morgan fingerprint density at radius 2 is 1.74 bits per heavy atom. The van der Waals surface area contributed by atoms with Crippen molar-refractivity contribution in [3.8, 4) is 16.9 Å². The lowest BCUT2D eigenvalue weighted by Gasteiger charge is -2.30. The molecule has 0 bridgehead atoms. The third kappa shape index (κ3) is 6.78. The molecule has 0 spiro atoms. The lowest BCUT2D eigenvalue weighted by molar-refractivity contribution is -0.140. The number of hydrogen-bond donors (Lipinski definition) is 1. The van der Waals surface area contributed by atoms with E-state index in [0.29, 0.717) is 17.2 Å². The highest BCUT2D eigenvalue weighted by Gasteiger charge is 2.27. The van der Waals surface area contributed by atoms with E-state index in [9.17, 15) is 14.0 Å². The fraction of sp³-hybridized carbons (Fsp3) is 0.393. The first kappa shape index (κ1) is 26.1. The zero-order valence-electron chi connectivity index (χ0n) is 21.0. The molecule has 0 saturated heterocycles. The minimum atomic E-state index is -0.352. The normalized spacial score (nSPS) is 11.9. The van der Waals surface area contributed by atoms with Gasteiger partial charge in [0.15, 0.2) is 0 Å². The highest BCUT2D eigenvalue weighted by atomic mass is 19.1. The van der Waals surface area contributed by atoms with Crippen molar-refractivity contribution in [1.82, 2.24) is 14.7 Å². The van der Waals surface area contributed by atoms with Crippen LogP contribution in [0.25, 0.3) is 16.9 Å². The summed E-state index contributed by atoms with van der Waals surface area (Å²) in [6.45, 7) is 7.93. The molecule has 1 N–H and O–H groups in total. The van der Waals surface area contributed by atoms with Crippen molar-refractivity contribution in [2.75, 3.05) is 11.9 Å². The Balaban J connectivity index is 1.85. The maximum Gasteiger partial charge on any atom is 0.245 e. The van der Waals surface area contributed by atoms with Gasteiger partial charge in [0, 0.05) is 23.6 Å². The molecule has 0 fully saturated rings. The number of halogens is 1. The maximum absolute atomic E-state index is 13.5. The van der Waals surface area contributed by atoms with Gasteiger partial charge in [-0.25, -0.2) is 9.07 Å². The fourth-order valence-electron chi connectivity index (χ4n) is 4.04. The second-order valence-electron chi connectivity index (χ2n) is 9.02. The number of anilines is 1. The van der Waals surface area contributed by atoms with E-state index in [1.165, 1.54) is 12.1 Å². The average molecular weight is 479 g/mol. The Kier molecular flexibility index (Phi) is 9.18. The largest absolute Gasteiger partial charge is 0.331 e. The Hall–Kier alpha value is -3.48. The van der Waals surface area contributed by atoms with E-state index in [2.05, 4.69) is 17.3 Å². The molecular formula is C28H35FN4O2. The van der Waals surface area contributed by atoms with Crippen molar-refractivity contribution in [3.05, 3.63) is 66.5 Å². The molecule has 0 aliphatic heterocycles. The molecule has 1 unspecified atom stereocenters. The third-order valence-corrected chi connectivity index (χ3v) is 6.09. The summed E-state index contributed by atoms with van der Waals surface area (Å²) in [5, 5.41) is 7.58. The predicted octanol–water partition coefficient (Wildman–Crippen LogP) is 6.07. The first-order chi connectivity index (χ1) is 16.8. The molecule has 2 aromatic carbocycles. The van der Waals surface area contributed by atoms with Gasteiger partial charge in [-0.1, -0.05) is 57.0 Å². The molecule has 1 atom stereocenters. The maximum atomic E-state index is 13.5. The van der Waals surface area contributed by atoms with E-state index < -0.39 is 0 Å². The van der Waals surface area contributed by atoms with Crippen molar-refractivity contribution < 1.29 is 14.0 Å². The molecule has 0 radical (unpaired) electrons. The number of rotatable bonds is 11. The number of amides is 2. The number of carbonyl (C=O) groups is 2. The molecule has 3 aromatic rings. The van der Waals surface area contributed by atoms with E-state index in [-0.39, 0.29) is 36.1 Å². The van der Waals surface area contributed by atoms with Crippen molar-refractivity contribution in [1.29, 1.82) is 0 Å². The minimum absolute atomic E-state index is 0.0168. The summed E-state index contributed by atoms with van der Waals surface area (Å²) in [7, 11) is 0. The first-order valence-electron chi connectivity index (χ1n) is 12.4. The summed E-state index contributed by atoms with van der Waals surface area (Å²) < 4.78 is 15.1. The van der Waals surface area contributed by atoms with Crippen LogP contribution in [-0.2, 0) is 9.59 Å². The highest BCUT2D eigenvalue weighted by molar-refractivity contribution is 5.95. The first-order valence-corrected chi connectivity index (χ1v) is 12.4. The molecule has 3 rings (SSSR count). The number of carbonyl (C=O) groups excluding carboxylic acids is 2. The van der Waals surface area contributed by atoms with E-state index in [1.54, 1.807) is 27.8 Å². The Morgan fingerprint density at radius 1 is 1.06 bits per heavy atom. The molecule has 1 aromatic heterocycles. The van der Waals surface area contributed by atoms with E-state index >= 15 is 0 Å². The van der Waals surface area contributed by atoms with Crippen LogP contribution >= 0.6 is 0 Å². The lowest BCUT2D eigenvalue weighted by Crippen LogP contribution is -2.45. The molecule has 7 heteroatoms. The summed E-state index contributed by atoms with van der Waals surface area (Å²) in [6, 6.07) is 17.2. The van der Waals surface area contributed by atoms with Crippen LogP contribution in [0.2, 0.25) is 0 Å². The molecule has 1 heterocycles. The van der Waals surface area contributed by atoms with Crippen LogP contribution in [0.15, 0.2) is 60.7 Å². The van der Waals surface area contributed by atoms with Crippen LogP contribution in [0.4, 0.5) is 10.2 Å². The smallest absolute Gasteiger partial charge is 0.245 e. The minimum Gasteiger partial charge on any atom is -0.331 e. The van der Waals surface area contributed by atoms with Crippen LogP contribution in [0, 0.1) is 11.7 Å². The molecule has 186 valence electrons. The summed E-state index contributed by atoms with van der Waals surface area (Å²) in [5.74, 6) is -0.271. The SMILES string of the molecule is CCCCC(CC)C(=O)N(CC(=O)Nc1cc(-c2ccccc2)nn1-c1ccc(F)cc1)C(C)C. The zero-order chi connectivity index (χ0) is 25.4. The van der Waals surface area contributed by atoms with Gasteiger partial charge in [0.1, 0.15) is 18.2 Å². The Morgan fingerprint density at radius 3 is 2.34 bits per heavy atom. The van der Waals surface area contributed by atoms with Gasteiger partial charge in [-0.2, -0.15) is 5.10 Å². The van der Waals surface area contributed by atoms with Gasteiger partial charge in [0.25, 0.3) is 0 Å². The molecular weight excluding hydrogens is 443 g/mol. The molecule has 2 amide bonds. The number of hydrogen-bond acceptors (Lipinski definition) is 3. The topological polar surface area (TPSA) is 67.2 Å². The zero-order valence-corrected chi connectivity index (χ0v) is 21.0. The van der Waals surface area contributed by atoms with Crippen LogP contribution < -0.4 is 5.32 Å². The predicted molar refractivity (Wildman–Crippen MR) is 138 cm³/mol. The van der Waals surface area contributed by atoms with Crippen LogP contribution in [0.5, 0.6) is 0 Å². The highest BCUT2D eigenvalue weighted by Crippen LogP contribution is 2.25. The van der Waals surface area contributed by atoms with Gasteiger partial charge in [0.2, 0.25) is 11.8 Å². The second kappa shape index (κ2) is 12.3. The number of aromatic nitrogens is 2. The summed E-state index contributed by atoms with van der Waals surface area (Å²) in [4.78, 5) is 28.0. The summed E-state index contributed by atoms with van der Waals surface area (Å²) in [5.41, 5.74) is 2.18. The standard InChI is InChI=1S/C28H35FN4O2/c1-5-7-11-21(6-2)28(35)32(20(3)4)19-27(34)30-26-18-25(22-12-9-8-10-13-22)31-33(26)24-16-14-23(29)15-17-24/h8-10,12-18,20-21H,5-7,11,19H2,1-4H3,(H,30,34). The van der Waals surface area contributed by atoms with Crippen LogP contribution in [0.1, 0.15) is 53.4 Å².